The van der Waals surface area contributed by atoms with Crippen LogP contribution in [0, 0.1) is 11.3 Å². The third-order valence-electron chi connectivity index (χ3n) is 4.92. The monoisotopic (exact) mass is 420 g/mol. The minimum Gasteiger partial charge on any atom is -0.393 e. The van der Waals surface area contributed by atoms with Crippen LogP contribution in [0.2, 0.25) is 0 Å². The van der Waals surface area contributed by atoms with E-state index in [2.05, 4.69) is 37.5 Å². The second kappa shape index (κ2) is 8.64. The Morgan fingerprint density at radius 2 is 1.70 bits per heavy atom. The van der Waals surface area contributed by atoms with Gasteiger partial charge in [0.25, 0.3) is 0 Å². The van der Waals surface area contributed by atoms with E-state index in [0.717, 1.165) is 22.9 Å². The first-order valence-electron chi connectivity index (χ1n) is 9.54. The summed E-state index contributed by atoms with van der Waals surface area (Å²) in [7, 11) is 0. The van der Waals surface area contributed by atoms with E-state index in [4.69, 9.17) is 5.73 Å². The number of urea groups is 1. The SMILES string of the molecule is CC(C)(C)c1ccc(C2C(C#N)=C(N)SC2C(=O)NC(=O)Nc2ccccc2)cc1. The molecule has 0 spiro atoms. The number of carbonyl (C=O) groups is 2. The molecule has 3 rings (SSSR count). The highest BCUT2D eigenvalue weighted by atomic mass is 32.2. The average molecular weight is 421 g/mol. The van der Waals surface area contributed by atoms with Gasteiger partial charge in [-0.1, -0.05) is 75.0 Å². The Bertz CT molecular complexity index is 1020. The summed E-state index contributed by atoms with van der Waals surface area (Å²) in [5.74, 6) is -1.01. The van der Waals surface area contributed by atoms with E-state index in [0.29, 0.717) is 16.3 Å². The zero-order valence-electron chi connectivity index (χ0n) is 17.1. The van der Waals surface area contributed by atoms with Crippen molar-refractivity contribution in [1.82, 2.24) is 5.32 Å². The third-order valence-corrected chi connectivity index (χ3v) is 6.13. The van der Waals surface area contributed by atoms with Crippen molar-refractivity contribution in [3.05, 3.63) is 76.3 Å². The van der Waals surface area contributed by atoms with Gasteiger partial charge in [-0.2, -0.15) is 5.26 Å². The molecular formula is C23H24N4O2S. The van der Waals surface area contributed by atoms with Crippen molar-refractivity contribution in [1.29, 1.82) is 5.26 Å². The fourth-order valence-corrected chi connectivity index (χ4v) is 4.47. The molecule has 0 aliphatic carbocycles. The van der Waals surface area contributed by atoms with E-state index in [1.165, 1.54) is 0 Å². The number of anilines is 1. The topological polar surface area (TPSA) is 108 Å². The number of nitrogens with two attached hydrogens (primary N) is 1. The van der Waals surface area contributed by atoms with Crippen LogP contribution >= 0.6 is 11.8 Å². The van der Waals surface area contributed by atoms with Crippen molar-refractivity contribution in [3.8, 4) is 6.07 Å². The van der Waals surface area contributed by atoms with Crippen LogP contribution in [0.1, 0.15) is 37.8 Å². The molecule has 0 saturated carbocycles. The lowest BCUT2D eigenvalue weighted by Crippen LogP contribution is -2.41. The molecule has 1 aliphatic rings. The number of carbonyl (C=O) groups excluding carboxylic acids is 2. The molecule has 2 atom stereocenters. The standard InChI is InChI=1S/C23H24N4O2S/c1-23(2,3)15-11-9-14(10-12-15)18-17(13-24)20(25)30-19(18)21(28)27-22(29)26-16-7-5-4-6-8-16/h4-12,18-19H,25H2,1-3H3,(H2,26,27,28,29). The van der Waals surface area contributed by atoms with Crippen molar-refractivity contribution in [2.45, 2.75) is 37.4 Å². The molecule has 0 radical (unpaired) electrons. The molecule has 7 heteroatoms. The van der Waals surface area contributed by atoms with E-state index in [-0.39, 0.29) is 5.41 Å². The molecule has 6 nitrogen and oxygen atoms in total. The van der Waals surface area contributed by atoms with Gasteiger partial charge >= 0.3 is 6.03 Å². The molecule has 1 aliphatic heterocycles. The van der Waals surface area contributed by atoms with Crippen LogP contribution in [0.5, 0.6) is 0 Å². The minimum atomic E-state index is -0.707. The first-order valence-corrected chi connectivity index (χ1v) is 10.4. The Kier molecular flexibility index (Phi) is 6.18. The molecule has 1 heterocycles. The second-order valence-corrected chi connectivity index (χ2v) is 9.27. The number of amides is 3. The number of para-hydroxylation sites is 1. The summed E-state index contributed by atoms with van der Waals surface area (Å²) in [5.41, 5.74) is 8.92. The molecule has 0 fully saturated rings. The zero-order valence-corrected chi connectivity index (χ0v) is 17.9. The lowest BCUT2D eigenvalue weighted by atomic mass is 9.83. The Labute approximate surface area is 180 Å². The molecule has 4 N–H and O–H groups in total. The third kappa shape index (κ3) is 4.66. The molecule has 3 amide bonds. The summed E-state index contributed by atoms with van der Waals surface area (Å²) < 4.78 is 0. The van der Waals surface area contributed by atoms with Gasteiger partial charge in [0.05, 0.1) is 16.7 Å². The van der Waals surface area contributed by atoms with Crippen molar-refractivity contribution in [2.24, 2.45) is 5.73 Å². The number of imide groups is 1. The van der Waals surface area contributed by atoms with Gasteiger partial charge in [-0.25, -0.2) is 4.79 Å². The van der Waals surface area contributed by atoms with E-state index < -0.39 is 23.1 Å². The van der Waals surface area contributed by atoms with Crippen molar-refractivity contribution < 1.29 is 9.59 Å². The van der Waals surface area contributed by atoms with Gasteiger partial charge in [0.1, 0.15) is 5.25 Å². The van der Waals surface area contributed by atoms with Crippen LogP contribution in [0.3, 0.4) is 0 Å². The lowest BCUT2D eigenvalue weighted by Gasteiger charge is -2.22. The highest BCUT2D eigenvalue weighted by Crippen LogP contribution is 2.45. The summed E-state index contributed by atoms with van der Waals surface area (Å²) in [6.07, 6.45) is 0. The van der Waals surface area contributed by atoms with Gasteiger partial charge in [-0.15, -0.1) is 0 Å². The van der Waals surface area contributed by atoms with E-state index in [9.17, 15) is 14.9 Å². The zero-order chi connectivity index (χ0) is 21.9. The van der Waals surface area contributed by atoms with Crippen molar-refractivity contribution >= 4 is 29.4 Å². The summed E-state index contributed by atoms with van der Waals surface area (Å²) in [6.45, 7) is 6.36. The predicted molar refractivity (Wildman–Crippen MR) is 120 cm³/mol. The molecule has 154 valence electrons. The Balaban J connectivity index is 1.80. The fraction of sp³-hybridized carbons (Fsp3) is 0.261. The van der Waals surface area contributed by atoms with Gasteiger partial charge in [0.15, 0.2) is 0 Å². The Morgan fingerprint density at radius 1 is 1.07 bits per heavy atom. The molecule has 2 aromatic rings. The molecule has 30 heavy (non-hydrogen) atoms. The van der Waals surface area contributed by atoms with Crippen LogP contribution in [-0.4, -0.2) is 17.2 Å². The summed E-state index contributed by atoms with van der Waals surface area (Å²) in [6, 6.07) is 18.2. The number of hydrogen-bond acceptors (Lipinski definition) is 5. The average Bonchev–Trinajstić information content (AvgIpc) is 3.04. The number of allylic oxidation sites excluding steroid dienone is 1. The number of benzene rings is 2. The molecule has 0 bridgehead atoms. The molecule has 2 unspecified atom stereocenters. The minimum absolute atomic E-state index is 0.0117. The van der Waals surface area contributed by atoms with E-state index in [1.807, 2.05) is 30.3 Å². The summed E-state index contributed by atoms with van der Waals surface area (Å²) in [5, 5.41) is 14.2. The first kappa shape index (κ1) is 21.5. The quantitative estimate of drug-likeness (QED) is 0.689. The normalized spacial score (nSPS) is 18.6. The molecular weight excluding hydrogens is 396 g/mol. The highest BCUT2D eigenvalue weighted by Gasteiger charge is 2.41. The highest BCUT2D eigenvalue weighted by molar-refractivity contribution is 8.04. The molecule has 0 saturated heterocycles. The Hall–Kier alpha value is -3.24. The largest absolute Gasteiger partial charge is 0.393 e. The van der Waals surface area contributed by atoms with E-state index in [1.54, 1.807) is 24.3 Å². The maximum Gasteiger partial charge on any atom is 0.325 e. The number of nitrogens with zero attached hydrogens (tertiary/aromatic N) is 1. The smallest absolute Gasteiger partial charge is 0.325 e. The van der Waals surface area contributed by atoms with Crippen LogP contribution < -0.4 is 16.4 Å². The van der Waals surface area contributed by atoms with Crippen molar-refractivity contribution in [2.75, 3.05) is 5.32 Å². The van der Waals surface area contributed by atoms with Crippen LogP contribution in [0.25, 0.3) is 0 Å². The summed E-state index contributed by atoms with van der Waals surface area (Å²) >= 11 is 1.11. The Morgan fingerprint density at radius 3 is 2.27 bits per heavy atom. The van der Waals surface area contributed by atoms with Crippen LogP contribution in [-0.2, 0) is 10.2 Å². The predicted octanol–water partition coefficient (Wildman–Crippen LogP) is 4.23. The number of nitrogens with one attached hydrogen (secondary N) is 2. The maximum absolute atomic E-state index is 12.9. The lowest BCUT2D eigenvalue weighted by molar-refractivity contribution is -0.119. The number of thioether (sulfide) groups is 1. The fourth-order valence-electron chi connectivity index (χ4n) is 3.30. The van der Waals surface area contributed by atoms with Gasteiger partial charge in [-0.3, -0.25) is 10.1 Å². The number of nitriles is 1. The van der Waals surface area contributed by atoms with E-state index >= 15 is 0 Å². The number of rotatable bonds is 3. The van der Waals surface area contributed by atoms with Gasteiger partial charge < -0.3 is 11.1 Å². The van der Waals surface area contributed by atoms with Gasteiger partial charge in [0, 0.05) is 11.6 Å². The van der Waals surface area contributed by atoms with Crippen LogP contribution in [0.15, 0.2) is 65.2 Å². The first-order chi connectivity index (χ1) is 14.2. The van der Waals surface area contributed by atoms with Gasteiger partial charge in [-0.05, 0) is 28.7 Å². The summed E-state index contributed by atoms with van der Waals surface area (Å²) in [4.78, 5) is 25.1. The second-order valence-electron chi connectivity index (χ2n) is 8.09. The van der Waals surface area contributed by atoms with Gasteiger partial charge in [0.2, 0.25) is 5.91 Å². The van der Waals surface area contributed by atoms with Crippen molar-refractivity contribution in [3.63, 3.8) is 0 Å². The molecule has 2 aromatic carbocycles. The maximum atomic E-state index is 12.9. The van der Waals surface area contributed by atoms with Crippen LogP contribution in [0.4, 0.5) is 10.5 Å². The molecule has 0 aromatic heterocycles. The number of hydrogen-bond donors (Lipinski definition) is 3.